The van der Waals surface area contributed by atoms with Gasteiger partial charge in [-0.15, -0.1) is 0 Å². The average molecular weight is 212 g/mol. The molecule has 0 spiro atoms. The van der Waals surface area contributed by atoms with Crippen LogP contribution in [-0.4, -0.2) is 0 Å². The fraction of sp³-hybridized carbons (Fsp3) is 1.00. The summed E-state index contributed by atoms with van der Waals surface area (Å²) in [5.74, 6) is 3.72. The topological polar surface area (TPSA) is 0 Å². The van der Waals surface area contributed by atoms with E-state index in [2.05, 4.69) is 41.5 Å². The van der Waals surface area contributed by atoms with Crippen molar-refractivity contribution in [2.24, 2.45) is 23.7 Å². The van der Waals surface area contributed by atoms with E-state index in [1.54, 1.807) is 0 Å². The first kappa shape index (κ1) is 15.0. The molecule has 0 saturated heterocycles. The van der Waals surface area contributed by atoms with E-state index in [0.29, 0.717) is 0 Å². The highest BCUT2D eigenvalue weighted by molar-refractivity contribution is 4.76. The van der Waals surface area contributed by atoms with Gasteiger partial charge in [0.2, 0.25) is 0 Å². The Morgan fingerprint density at radius 3 is 1.47 bits per heavy atom. The van der Waals surface area contributed by atoms with Gasteiger partial charge < -0.3 is 0 Å². The second-order valence-electron chi connectivity index (χ2n) is 5.30. The van der Waals surface area contributed by atoms with E-state index in [4.69, 9.17) is 0 Å². The molecule has 0 heterocycles. The Morgan fingerprint density at radius 1 is 0.667 bits per heavy atom. The van der Waals surface area contributed by atoms with E-state index in [1.165, 1.54) is 32.1 Å². The summed E-state index contributed by atoms with van der Waals surface area (Å²) in [6.45, 7) is 14.3. The maximum absolute atomic E-state index is 2.45. The van der Waals surface area contributed by atoms with E-state index in [-0.39, 0.29) is 0 Å². The standard InChI is InChI=1S/C15H32/c1-7-11-15(13(6)9-3)14(10-4)12(5)8-2/h12-15H,7-11H2,1-6H3. The molecule has 0 amide bonds. The first-order chi connectivity index (χ1) is 7.12. The highest BCUT2D eigenvalue weighted by Crippen LogP contribution is 2.36. The van der Waals surface area contributed by atoms with Gasteiger partial charge in [-0.25, -0.2) is 0 Å². The Balaban J connectivity index is 4.53. The second-order valence-corrected chi connectivity index (χ2v) is 5.30. The van der Waals surface area contributed by atoms with Crippen LogP contribution < -0.4 is 0 Å². The largest absolute Gasteiger partial charge is 0.0654 e. The van der Waals surface area contributed by atoms with Gasteiger partial charge in [0.1, 0.15) is 0 Å². The molecular formula is C15H32. The minimum absolute atomic E-state index is 0.903. The van der Waals surface area contributed by atoms with Crippen LogP contribution in [0.15, 0.2) is 0 Å². The number of hydrogen-bond donors (Lipinski definition) is 0. The first-order valence-electron chi connectivity index (χ1n) is 7.12. The molecule has 4 atom stereocenters. The van der Waals surface area contributed by atoms with Crippen molar-refractivity contribution in [3.05, 3.63) is 0 Å². The summed E-state index contributed by atoms with van der Waals surface area (Å²) in [4.78, 5) is 0. The highest BCUT2D eigenvalue weighted by Gasteiger charge is 2.27. The molecule has 0 N–H and O–H groups in total. The maximum atomic E-state index is 2.45. The predicted molar refractivity (Wildman–Crippen MR) is 71.1 cm³/mol. The number of hydrogen-bond acceptors (Lipinski definition) is 0. The second kappa shape index (κ2) is 8.19. The molecule has 0 aliphatic rings. The first-order valence-corrected chi connectivity index (χ1v) is 7.12. The Labute approximate surface area is 97.8 Å². The summed E-state index contributed by atoms with van der Waals surface area (Å²) in [5, 5.41) is 0. The van der Waals surface area contributed by atoms with Crippen LogP contribution >= 0.6 is 0 Å². The normalized spacial score (nSPS) is 19.6. The van der Waals surface area contributed by atoms with E-state index in [9.17, 15) is 0 Å². The molecule has 0 aromatic heterocycles. The molecule has 0 heteroatoms. The molecule has 92 valence electrons. The van der Waals surface area contributed by atoms with Crippen molar-refractivity contribution in [1.82, 2.24) is 0 Å². The van der Waals surface area contributed by atoms with Gasteiger partial charge in [-0.3, -0.25) is 0 Å². The van der Waals surface area contributed by atoms with Crippen LogP contribution in [0.4, 0.5) is 0 Å². The Kier molecular flexibility index (Phi) is 8.19. The summed E-state index contributed by atoms with van der Waals surface area (Å²) in [5.41, 5.74) is 0. The molecule has 15 heavy (non-hydrogen) atoms. The summed E-state index contributed by atoms with van der Waals surface area (Å²) in [7, 11) is 0. The van der Waals surface area contributed by atoms with Crippen LogP contribution in [0.25, 0.3) is 0 Å². The Bertz CT molecular complexity index is 139. The monoisotopic (exact) mass is 212 g/mol. The van der Waals surface area contributed by atoms with E-state index in [0.717, 1.165) is 23.7 Å². The molecule has 0 aliphatic heterocycles. The van der Waals surface area contributed by atoms with Gasteiger partial charge >= 0.3 is 0 Å². The van der Waals surface area contributed by atoms with Gasteiger partial charge in [-0.2, -0.15) is 0 Å². The average Bonchev–Trinajstić information content (AvgIpc) is 2.27. The molecular weight excluding hydrogens is 180 g/mol. The maximum Gasteiger partial charge on any atom is -0.0358 e. The van der Waals surface area contributed by atoms with Crippen molar-refractivity contribution in [3.63, 3.8) is 0 Å². The van der Waals surface area contributed by atoms with Crippen LogP contribution in [0.2, 0.25) is 0 Å². The number of rotatable bonds is 8. The van der Waals surface area contributed by atoms with Gasteiger partial charge in [0, 0.05) is 0 Å². The lowest BCUT2D eigenvalue weighted by atomic mass is 9.71. The Morgan fingerprint density at radius 2 is 1.13 bits per heavy atom. The quantitative estimate of drug-likeness (QED) is 0.497. The van der Waals surface area contributed by atoms with Crippen LogP contribution in [0.3, 0.4) is 0 Å². The highest BCUT2D eigenvalue weighted by atomic mass is 14.3. The minimum atomic E-state index is 0.903. The molecule has 0 radical (unpaired) electrons. The smallest absolute Gasteiger partial charge is 0.0358 e. The van der Waals surface area contributed by atoms with Crippen molar-refractivity contribution >= 4 is 0 Å². The van der Waals surface area contributed by atoms with Gasteiger partial charge in [0.25, 0.3) is 0 Å². The van der Waals surface area contributed by atoms with E-state index in [1.807, 2.05) is 0 Å². The van der Waals surface area contributed by atoms with Gasteiger partial charge in [0.15, 0.2) is 0 Å². The molecule has 0 bridgehead atoms. The van der Waals surface area contributed by atoms with E-state index >= 15 is 0 Å². The van der Waals surface area contributed by atoms with Crippen molar-refractivity contribution < 1.29 is 0 Å². The summed E-state index contributed by atoms with van der Waals surface area (Å²) < 4.78 is 0. The van der Waals surface area contributed by atoms with E-state index < -0.39 is 0 Å². The Hall–Kier alpha value is 0. The molecule has 0 aliphatic carbocycles. The van der Waals surface area contributed by atoms with Crippen molar-refractivity contribution in [2.45, 2.75) is 73.6 Å². The lowest BCUT2D eigenvalue weighted by Gasteiger charge is -2.34. The van der Waals surface area contributed by atoms with Crippen molar-refractivity contribution in [3.8, 4) is 0 Å². The summed E-state index contributed by atoms with van der Waals surface area (Å²) >= 11 is 0. The van der Waals surface area contributed by atoms with Crippen molar-refractivity contribution in [1.29, 1.82) is 0 Å². The lowest BCUT2D eigenvalue weighted by molar-refractivity contribution is 0.153. The third-order valence-electron chi connectivity index (χ3n) is 4.39. The van der Waals surface area contributed by atoms with Crippen molar-refractivity contribution in [2.75, 3.05) is 0 Å². The third kappa shape index (κ3) is 4.57. The van der Waals surface area contributed by atoms with Gasteiger partial charge in [-0.1, -0.05) is 73.6 Å². The zero-order valence-corrected chi connectivity index (χ0v) is 11.8. The molecule has 0 rings (SSSR count). The fourth-order valence-corrected chi connectivity index (χ4v) is 2.99. The predicted octanol–water partition coefficient (Wildman–Crippen LogP) is 5.52. The fourth-order valence-electron chi connectivity index (χ4n) is 2.99. The zero-order chi connectivity index (χ0) is 11.8. The molecule has 0 saturated carbocycles. The summed E-state index contributed by atoms with van der Waals surface area (Å²) in [6, 6.07) is 0. The molecule has 4 unspecified atom stereocenters. The van der Waals surface area contributed by atoms with Gasteiger partial charge in [0.05, 0.1) is 0 Å². The third-order valence-corrected chi connectivity index (χ3v) is 4.39. The summed E-state index contributed by atoms with van der Waals surface area (Å²) in [6.07, 6.45) is 6.83. The SMILES string of the molecule is CCCC(C(C)CC)C(CC)C(C)CC. The van der Waals surface area contributed by atoms with Gasteiger partial charge in [-0.05, 0) is 23.7 Å². The molecule has 0 fully saturated rings. The van der Waals surface area contributed by atoms with Crippen LogP contribution in [0.5, 0.6) is 0 Å². The van der Waals surface area contributed by atoms with Crippen LogP contribution in [0, 0.1) is 23.7 Å². The molecule has 0 aromatic carbocycles. The lowest BCUT2D eigenvalue weighted by Crippen LogP contribution is -2.26. The molecule has 0 nitrogen and oxygen atoms in total. The zero-order valence-electron chi connectivity index (χ0n) is 11.8. The molecule has 0 aromatic rings. The van der Waals surface area contributed by atoms with Crippen LogP contribution in [0.1, 0.15) is 73.6 Å². The minimum Gasteiger partial charge on any atom is -0.0654 e. The van der Waals surface area contributed by atoms with Crippen LogP contribution in [-0.2, 0) is 0 Å².